The van der Waals surface area contributed by atoms with Gasteiger partial charge in [0.25, 0.3) is 5.91 Å². The molecule has 0 fully saturated rings. The van der Waals surface area contributed by atoms with Crippen molar-refractivity contribution in [3.05, 3.63) is 106 Å². The highest BCUT2D eigenvalue weighted by Crippen LogP contribution is 2.39. The first-order valence-corrected chi connectivity index (χ1v) is 10.7. The molecule has 3 nitrogen and oxygen atoms in total. The summed E-state index contributed by atoms with van der Waals surface area (Å²) in [5, 5.41) is 2.70. The molecule has 1 heterocycles. The van der Waals surface area contributed by atoms with E-state index in [1.165, 1.54) is 35.2 Å². The number of hydrogen-bond donors (Lipinski definition) is 1. The molecule has 1 atom stereocenters. The van der Waals surface area contributed by atoms with Gasteiger partial charge in [0.15, 0.2) is 0 Å². The number of carbonyl (C=O) groups excluding carboxylic acids is 1. The summed E-state index contributed by atoms with van der Waals surface area (Å²) in [7, 11) is 0. The maximum atomic E-state index is 13.3. The van der Waals surface area contributed by atoms with Gasteiger partial charge in [0.05, 0.1) is 17.2 Å². The third kappa shape index (κ3) is 4.96. The van der Waals surface area contributed by atoms with Crippen LogP contribution in [0.1, 0.15) is 22.7 Å². The molecule has 4 rings (SSSR count). The van der Waals surface area contributed by atoms with Crippen molar-refractivity contribution in [3.8, 4) is 0 Å². The van der Waals surface area contributed by atoms with Gasteiger partial charge in [0, 0.05) is 15.8 Å². The summed E-state index contributed by atoms with van der Waals surface area (Å²) in [6.07, 6.45) is -7.71. The Balaban J connectivity index is 1.74. The highest BCUT2D eigenvalue weighted by molar-refractivity contribution is 9.10. The molecule has 3 aromatic rings. The van der Waals surface area contributed by atoms with Crippen LogP contribution in [0, 0.1) is 0 Å². The van der Waals surface area contributed by atoms with Crippen molar-refractivity contribution in [3.63, 3.8) is 0 Å². The number of hydrogen-bond acceptors (Lipinski definition) is 2. The van der Waals surface area contributed by atoms with Crippen molar-refractivity contribution in [2.75, 3.05) is 10.2 Å². The topological polar surface area (TPSA) is 32.3 Å². The molecule has 0 radical (unpaired) electrons. The zero-order valence-corrected chi connectivity index (χ0v) is 18.7. The number of anilines is 2. The predicted molar refractivity (Wildman–Crippen MR) is 119 cm³/mol. The highest BCUT2D eigenvalue weighted by Gasteiger charge is 2.37. The molecule has 34 heavy (non-hydrogen) atoms. The van der Waals surface area contributed by atoms with Gasteiger partial charge in [-0.1, -0.05) is 40.2 Å². The number of amides is 1. The van der Waals surface area contributed by atoms with Crippen molar-refractivity contribution in [1.29, 1.82) is 0 Å². The zero-order valence-electron chi connectivity index (χ0n) is 17.1. The van der Waals surface area contributed by atoms with Gasteiger partial charge in [-0.2, -0.15) is 26.3 Å². The minimum absolute atomic E-state index is 0.00448. The number of carbonyl (C=O) groups is 1. The Bertz CT molecular complexity index is 1250. The number of rotatable bonds is 4. The van der Waals surface area contributed by atoms with Crippen LogP contribution in [0.4, 0.5) is 37.7 Å². The van der Waals surface area contributed by atoms with Gasteiger partial charge >= 0.3 is 12.4 Å². The predicted octanol–water partition coefficient (Wildman–Crippen LogP) is 7.57. The Labute approximate surface area is 198 Å². The lowest BCUT2D eigenvalue weighted by Crippen LogP contribution is -2.31. The second-order valence-corrected chi connectivity index (χ2v) is 8.42. The Morgan fingerprint density at radius 2 is 1.38 bits per heavy atom. The van der Waals surface area contributed by atoms with Crippen LogP contribution in [0.25, 0.3) is 0 Å². The summed E-state index contributed by atoms with van der Waals surface area (Å²) in [4.78, 5) is 14.5. The summed E-state index contributed by atoms with van der Waals surface area (Å²) in [6.45, 7) is 0. The quantitative estimate of drug-likeness (QED) is 0.346. The lowest BCUT2D eigenvalue weighted by molar-refractivity contribution is -0.138. The van der Waals surface area contributed by atoms with Gasteiger partial charge < -0.3 is 5.32 Å². The molecule has 1 aliphatic heterocycles. The largest absolute Gasteiger partial charge is 0.416 e. The number of nitrogens with zero attached hydrogens (tertiary/aromatic N) is 1. The normalized spacial score (nSPS) is 16.6. The molecule has 1 aliphatic rings. The molecule has 0 saturated heterocycles. The third-order valence-electron chi connectivity index (χ3n) is 5.18. The van der Waals surface area contributed by atoms with Crippen LogP contribution in [-0.4, -0.2) is 5.91 Å². The second kappa shape index (κ2) is 8.83. The average Bonchev–Trinajstić information content (AvgIpc) is 3.09. The minimum atomic E-state index is -4.61. The van der Waals surface area contributed by atoms with Gasteiger partial charge in [-0.05, 0) is 60.2 Å². The summed E-state index contributed by atoms with van der Waals surface area (Å²) in [5.41, 5.74) is -1.24. The fourth-order valence-corrected chi connectivity index (χ4v) is 3.86. The summed E-state index contributed by atoms with van der Waals surface area (Å²) in [5.74, 6) is -0.676. The molecule has 1 N–H and O–H groups in total. The molecule has 1 amide bonds. The van der Waals surface area contributed by atoms with E-state index in [1.807, 2.05) is 0 Å². The first-order chi connectivity index (χ1) is 15.9. The summed E-state index contributed by atoms with van der Waals surface area (Å²) < 4.78 is 79.9. The van der Waals surface area contributed by atoms with E-state index in [9.17, 15) is 31.1 Å². The molecular formula is C24H15BrF6N2O. The summed E-state index contributed by atoms with van der Waals surface area (Å²) >= 11 is 3.31. The first-order valence-electron chi connectivity index (χ1n) is 9.86. The number of benzene rings is 3. The third-order valence-corrected chi connectivity index (χ3v) is 5.71. The fraction of sp³-hybridized carbons (Fsp3) is 0.125. The first kappa shape index (κ1) is 23.9. The highest BCUT2D eigenvalue weighted by atomic mass is 79.9. The number of nitrogens with one attached hydrogen (secondary N) is 1. The van der Waals surface area contributed by atoms with Crippen molar-refractivity contribution >= 4 is 33.2 Å². The monoisotopic (exact) mass is 540 g/mol. The molecule has 3 aromatic carbocycles. The van der Waals surface area contributed by atoms with Crippen LogP contribution in [-0.2, 0) is 17.1 Å². The van der Waals surface area contributed by atoms with E-state index < -0.39 is 35.4 Å². The Hall–Kier alpha value is -3.27. The van der Waals surface area contributed by atoms with Gasteiger partial charge in [-0.15, -0.1) is 0 Å². The van der Waals surface area contributed by atoms with Crippen LogP contribution >= 0.6 is 15.9 Å². The van der Waals surface area contributed by atoms with E-state index in [2.05, 4.69) is 21.2 Å². The summed E-state index contributed by atoms with van der Waals surface area (Å²) in [6, 6.07) is 14.7. The van der Waals surface area contributed by atoms with E-state index in [0.717, 1.165) is 28.7 Å². The lowest BCUT2D eigenvalue weighted by atomic mass is 10.1. The molecule has 0 aliphatic carbocycles. The molecule has 0 saturated carbocycles. The molecule has 0 aromatic heterocycles. The Morgan fingerprint density at radius 1 is 0.794 bits per heavy atom. The Kier molecular flexibility index (Phi) is 6.20. The van der Waals surface area contributed by atoms with E-state index in [1.54, 1.807) is 24.3 Å². The molecule has 0 bridgehead atoms. The zero-order chi connectivity index (χ0) is 24.7. The van der Waals surface area contributed by atoms with Crippen molar-refractivity contribution in [2.45, 2.75) is 18.4 Å². The second-order valence-electron chi connectivity index (χ2n) is 7.50. The minimum Gasteiger partial charge on any atom is -0.351 e. The van der Waals surface area contributed by atoms with Gasteiger partial charge in [-0.3, -0.25) is 9.69 Å². The molecule has 176 valence electrons. The van der Waals surface area contributed by atoms with E-state index in [-0.39, 0.29) is 17.1 Å². The van der Waals surface area contributed by atoms with Gasteiger partial charge in [0.2, 0.25) is 0 Å². The van der Waals surface area contributed by atoms with Crippen LogP contribution in [0.2, 0.25) is 0 Å². The average molecular weight is 541 g/mol. The van der Waals surface area contributed by atoms with Crippen LogP contribution in [0.15, 0.2) is 89.0 Å². The van der Waals surface area contributed by atoms with Crippen LogP contribution in [0.5, 0.6) is 0 Å². The Morgan fingerprint density at radius 3 is 2.00 bits per heavy atom. The molecule has 10 heteroatoms. The van der Waals surface area contributed by atoms with Gasteiger partial charge in [0.1, 0.15) is 5.70 Å². The van der Waals surface area contributed by atoms with E-state index in [0.29, 0.717) is 5.56 Å². The van der Waals surface area contributed by atoms with Crippen LogP contribution in [0.3, 0.4) is 0 Å². The smallest absolute Gasteiger partial charge is 0.351 e. The van der Waals surface area contributed by atoms with E-state index >= 15 is 0 Å². The maximum Gasteiger partial charge on any atom is 0.416 e. The molecular weight excluding hydrogens is 526 g/mol. The van der Waals surface area contributed by atoms with Crippen molar-refractivity contribution in [2.24, 2.45) is 0 Å². The number of alkyl halides is 6. The fourth-order valence-electron chi connectivity index (χ4n) is 3.60. The van der Waals surface area contributed by atoms with Crippen LogP contribution < -0.4 is 10.2 Å². The standard InChI is InChI=1S/C24H15BrF6N2O/c25-17-9-7-14(8-10-17)21-13-20(32-18-5-1-3-15(11-18)23(26,27)28)22(34)33(21)19-6-2-4-16(12-19)24(29,30)31/h1-13,21,32H. The van der Waals surface area contributed by atoms with E-state index in [4.69, 9.17) is 0 Å². The molecule has 0 spiro atoms. The SMILES string of the molecule is O=C1C(Nc2cccc(C(F)(F)F)c2)=CC(c2ccc(Br)cc2)N1c1cccc(C(F)(F)F)c1. The molecule has 1 unspecified atom stereocenters. The van der Waals surface area contributed by atoms with Gasteiger partial charge in [-0.25, -0.2) is 0 Å². The lowest BCUT2D eigenvalue weighted by Gasteiger charge is -2.26. The maximum absolute atomic E-state index is 13.3. The van der Waals surface area contributed by atoms with Crippen molar-refractivity contribution in [1.82, 2.24) is 0 Å². The number of halogens is 7. The van der Waals surface area contributed by atoms with Crippen molar-refractivity contribution < 1.29 is 31.1 Å².